The number of ether oxygens (including phenoxy) is 2. The number of hydrogen-bond donors (Lipinski definition) is 1. The van der Waals surface area contributed by atoms with Crippen LogP contribution < -0.4 is 18.5 Å². The minimum atomic E-state index is -5.18. The van der Waals surface area contributed by atoms with Gasteiger partial charge in [0.25, 0.3) is 0 Å². The van der Waals surface area contributed by atoms with Crippen molar-refractivity contribution in [1.29, 1.82) is 0 Å². The van der Waals surface area contributed by atoms with Gasteiger partial charge in [-0.3, -0.25) is 4.89 Å². The van der Waals surface area contributed by atoms with Crippen LogP contribution >= 0.6 is 7.82 Å². The van der Waals surface area contributed by atoms with Crippen LogP contribution in [0, 0.1) is 23.3 Å². The lowest BCUT2D eigenvalue weighted by molar-refractivity contribution is 0.295. The van der Waals surface area contributed by atoms with E-state index in [1.54, 1.807) is 48.5 Å². The zero-order valence-electron chi connectivity index (χ0n) is 23.5. The van der Waals surface area contributed by atoms with E-state index in [1.165, 1.54) is 26.4 Å². The van der Waals surface area contributed by atoms with E-state index in [0.717, 1.165) is 24.3 Å². The maximum atomic E-state index is 15.6. The van der Waals surface area contributed by atoms with Gasteiger partial charge in [-0.1, -0.05) is 48.5 Å². The zero-order valence-corrected chi connectivity index (χ0v) is 24.4. The molecule has 7 rings (SSSR count). The molecule has 0 saturated heterocycles. The van der Waals surface area contributed by atoms with E-state index in [9.17, 15) is 9.46 Å². The lowest BCUT2D eigenvalue weighted by Gasteiger charge is -2.19. The van der Waals surface area contributed by atoms with E-state index in [2.05, 4.69) is 0 Å². The Hall–Kier alpha value is -5.05. The highest BCUT2D eigenvalue weighted by atomic mass is 31.2. The van der Waals surface area contributed by atoms with Crippen molar-refractivity contribution in [2.45, 2.75) is 0 Å². The Bertz CT molecular complexity index is 2050. The maximum Gasteiger partial charge on any atom is 0.584 e. The molecule has 0 amide bonds. The molecule has 1 aliphatic rings. The first-order chi connectivity index (χ1) is 21.6. The largest absolute Gasteiger partial charge is 0.584 e. The van der Waals surface area contributed by atoms with Gasteiger partial charge in [-0.2, -0.15) is 0 Å². The van der Waals surface area contributed by atoms with Crippen LogP contribution in [-0.4, -0.2) is 19.1 Å². The fourth-order valence-corrected chi connectivity index (χ4v) is 6.69. The van der Waals surface area contributed by atoms with Crippen molar-refractivity contribution in [3.8, 4) is 56.4 Å². The van der Waals surface area contributed by atoms with Gasteiger partial charge in [0.15, 0.2) is 0 Å². The molecule has 0 unspecified atom stereocenters. The summed E-state index contributed by atoms with van der Waals surface area (Å²) in [6.45, 7) is 0. The number of halogens is 4. The van der Waals surface area contributed by atoms with Gasteiger partial charge in [0.2, 0.25) is 0 Å². The summed E-state index contributed by atoms with van der Waals surface area (Å²) in [5.41, 5.74) is -1.21. The molecule has 0 aliphatic carbocycles. The minimum absolute atomic E-state index is 0.0813. The summed E-state index contributed by atoms with van der Waals surface area (Å²) in [6, 6.07) is 20.4. The van der Waals surface area contributed by atoms with Crippen molar-refractivity contribution >= 4 is 29.4 Å². The molecule has 1 heterocycles. The molecular formula is C34H21F4O6P. The minimum Gasteiger partial charge on any atom is -0.497 e. The predicted molar refractivity (Wildman–Crippen MR) is 162 cm³/mol. The van der Waals surface area contributed by atoms with Crippen molar-refractivity contribution in [2.75, 3.05) is 14.2 Å². The van der Waals surface area contributed by atoms with Crippen molar-refractivity contribution in [1.82, 2.24) is 0 Å². The molecule has 1 aliphatic heterocycles. The van der Waals surface area contributed by atoms with E-state index in [1.807, 2.05) is 0 Å². The lowest BCUT2D eigenvalue weighted by Crippen LogP contribution is -2.02. The third-order valence-corrected chi connectivity index (χ3v) is 8.53. The third kappa shape index (κ3) is 4.65. The number of hydrogen-bond acceptors (Lipinski definition) is 5. The number of phosphoric acid groups is 1. The molecule has 6 nitrogen and oxygen atoms in total. The highest BCUT2D eigenvalue weighted by Gasteiger charge is 2.39. The number of fused-ring (bicyclic) bond motifs is 7. The Morgan fingerprint density at radius 3 is 1.29 bits per heavy atom. The molecule has 0 spiro atoms. The van der Waals surface area contributed by atoms with Crippen LogP contribution in [0.3, 0.4) is 0 Å². The lowest BCUT2D eigenvalue weighted by atomic mass is 9.86. The summed E-state index contributed by atoms with van der Waals surface area (Å²) < 4.78 is 97.3. The van der Waals surface area contributed by atoms with Gasteiger partial charge in [0.05, 0.1) is 25.3 Å². The van der Waals surface area contributed by atoms with E-state index in [0.29, 0.717) is 21.5 Å². The summed E-state index contributed by atoms with van der Waals surface area (Å²) in [7, 11) is -2.66. The zero-order chi connectivity index (χ0) is 31.6. The van der Waals surface area contributed by atoms with Crippen molar-refractivity contribution in [2.24, 2.45) is 0 Å². The summed E-state index contributed by atoms with van der Waals surface area (Å²) in [6.07, 6.45) is 0. The third-order valence-electron chi connectivity index (χ3n) is 7.71. The van der Waals surface area contributed by atoms with Crippen LogP contribution in [0.1, 0.15) is 0 Å². The number of phosphoric ester groups is 1. The monoisotopic (exact) mass is 632 g/mol. The first kappa shape index (κ1) is 28.7. The first-order valence-corrected chi connectivity index (χ1v) is 15.0. The molecule has 0 saturated carbocycles. The molecule has 0 bridgehead atoms. The maximum absolute atomic E-state index is 15.6. The van der Waals surface area contributed by atoms with Crippen molar-refractivity contribution in [3.05, 3.63) is 108 Å². The molecule has 6 aromatic rings. The van der Waals surface area contributed by atoms with E-state index in [-0.39, 0.29) is 45.3 Å². The van der Waals surface area contributed by atoms with Gasteiger partial charge in [-0.25, -0.2) is 22.1 Å². The molecule has 1 N–H and O–H groups in total. The smallest absolute Gasteiger partial charge is 0.497 e. The van der Waals surface area contributed by atoms with Crippen LogP contribution in [0.2, 0.25) is 0 Å². The highest BCUT2D eigenvalue weighted by molar-refractivity contribution is 7.48. The summed E-state index contributed by atoms with van der Waals surface area (Å²) in [4.78, 5) is 11.1. The standard InChI is InChI=1S/C34H21F4O6P/c1-41-19-13-25(35)29(26(36)14-19)23-11-17-7-3-5-9-21(17)31-32-22-10-6-4-8-18(22)12-24(34(32)44-45(39,40)43-33(23)31)30-27(37)15-20(42-2)16-28(30)38/h3-16H,1-2H3,(H,39,40). The van der Waals surface area contributed by atoms with Crippen molar-refractivity contribution in [3.63, 3.8) is 0 Å². The number of methoxy groups -OCH3 is 2. The fourth-order valence-electron chi connectivity index (χ4n) is 5.81. The summed E-state index contributed by atoms with van der Waals surface area (Å²) in [5, 5.41) is 1.88. The normalized spacial score (nSPS) is 13.4. The molecule has 6 aromatic carbocycles. The Labute approximate surface area is 253 Å². The highest BCUT2D eigenvalue weighted by Crippen LogP contribution is 2.62. The molecule has 11 heteroatoms. The number of benzene rings is 6. The van der Waals surface area contributed by atoms with E-state index in [4.69, 9.17) is 18.5 Å². The second-order valence-electron chi connectivity index (χ2n) is 10.3. The predicted octanol–water partition coefficient (Wildman–Crippen LogP) is 9.44. The van der Waals surface area contributed by atoms with Gasteiger partial charge < -0.3 is 18.5 Å². The van der Waals surface area contributed by atoms with Gasteiger partial charge in [0.1, 0.15) is 46.3 Å². The van der Waals surface area contributed by atoms with Crippen LogP contribution in [-0.2, 0) is 4.57 Å². The Kier molecular flexibility index (Phi) is 6.72. The number of rotatable bonds is 4. The van der Waals surface area contributed by atoms with E-state index >= 15 is 17.6 Å². The molecule has 0 aromatic heterocycles. The molecule has 0 fully saturated rings. The van der Waals surface area contributed by atoms with Gasteiger partial charge in [-0.15, -0.1) is 0 Å². The summed E-state index contributed by atoms with van der Waals surface area (Å²) in [5.74, 6) is -4.97. The second-order valence-corrected chi connectivity index (χ2v) is 11.6. The van der Waals surface area contributed by atoms with Gasteiger partial charge >= 0.3 is 7.82 Å². The topological polar surface area (TPSA) is 74.2 Å². The van der Waals surface area contributed by atoms with Gasteiger partial charge in [-0.05, 0) is 33.7 Å². The Balaban J connectivity index is 1.70. The quantitative estimate of drug-likeness (QED) is 0.154. The SMILES string of the molecule is COc1cc(F)c(-c2cc3ccccc3c3c2OP(=O)(O)Oc2c(-c4c(F)cc(OC)cc4F)cc4ccccc4c2-3)c(F)c1. The van der Waals surface area contributed by atoms with Crippen molar-refractivity contribution < 1.29 is 45.5 Å². The second kappa shape index (κ2) is 10.5. The van der Waals surface area contributed by atoms with Crippen LogP contribution in [0.15, 0.2) is 84.9 Å². The van der Waals surface area contributed by atoms with Crippen LogP contribution in [0.5, 0.6) is 23.0 Å². The van der Waals surface area contributed by atoms with Gasteiger partial charge in [0, 0.05) is 46.5 Å². The average molecular weight is 633 g/mol. The van der Waals surface area contributed by atoms with Crippen LogP contribution in [0.25, 0.3) is 54.9 Å². The summed E-state index contributed by atoms with van der Waals surface area (Å²) >= 11 is 0. The first-order valence-electron chi connectivity index (χ1n) is 13.5. The molecule has 226 valence electrons. The van der Waals surface area contributed by atoms with E-state index < -0.39 is 42.2 Å². The molecule has 45 heavy (non-hydrogen) atoms. The Morgan fingerprint density at radius 2 is 0.933 bits per heavy atom. The fraction of sp³-hybridized carbons (Fsp3) is 0.0588. The van der Waals surface area contributed by atoms with Crippen LogP contribution in [0.4, 0.5) is 17.6 Å². The molecule has 0 atom stereocenters. The average Bonchev–Trinajstić information content (AvgIpc) is 3.13. The molecular weight excluding hydrogens is 611 g/mol. The Morgan fingerprint density at radius 1 is 0.578 bits per heavy atom. The molecule has 0 radical (unpaired) electrons.